The van der Waals surface area contributed by atoms with Crippen LogP contribution in [0, 0.1) is 0 Å². The highest BCUT2D eigenvalue weighted by molar-refractivity contribution is 5.33. The smallest absolute Gasteiger partial charge is 0.0631 e. The number of ether oxygens (including phenoxy) is 1. The van der Waals surface area contributed by atoms with Gasteiger partial charge >= 0.3 is 0 Å². The monoisotopic (exact) mass is 231 g/mol. The fraction of sp³-hybridized carbons (Fsp3) is 0.600. The standard InChI is InChI=1S/C15H21NO/c1-15(2)8-7-12(17-15)9-14-13-6-4-3-5-11(13)10-16-14/h3-6,12,14,16H,7-10H2,1-2H3. The topological polar surface area (TPSA) is 21.3 Å². The number of rotatable bonds is 2. The quantitative estimate of drug-likeness (QED) is 0.844. The Kier molecular flexibility index (Phi) is 2.72. The number of hydrogen-bond acceptors (Lipinski definition) is 2. The molecule has 0 spiro atoms. The van der Waals surface area contributed by atoms with Gasteiger partial charge in [-0.25, -0.2) is 0 Å². The highest BCUT2D eigenvalue weighted by Gasteiger charge is 2.34. The summed E-state index contributed by atoms with van der Waals surface area (Å²) < 4.78 is 6.09. The van der Waals surface area contributed by atoms with Crippen molar-refractivity contribution in [2.45, 2.75) is 57.4 Å². The predicted molar refractivity (Wildman–Crippen MR) is 68.8 cm³/mol. The van der Waals surface area contributed by atoms with Crippen LogP contribution in [0.5, 0.6) is 0 Å². The van der Waals surface area contributed by atoms with Gasteiger partial charge in [0.25, 0.3) is 0 Å². The van der Waals surface area contributed by atoms with Crippen molar-refractivity contribution >= 4 is 0 Å². The molecule has 2 heterocycles. The summed E-state index contributed by atoms with van der Waals surface area (Å²) in [6.45, 7) is 5.41. The highest BCUT2D eigenvalue weighted by Crippen LogP contribution is 2.36. The van der Waals surface area contributed by atoms with Gasteiger partial charge in [-0.05, 0) is 44.2 Å². The lowest BCUT2D eigenvalue weighted by Gasteiger charge is -2.21. The Morgan fingerprint density at radius 3 is 2.94 bits per heavy atom. The summed E-state index contributed by atoms with van der Waals surface area (Å²) in [4.78, 5) is 0. The first-order valence-electron chi connectivity index (χ1n) is 6.63. The number of benzene rings is 1. The molecule has 92 valence electrons. The van der Waals surface area contributed by atoms with Crippen LogP contribution in [0.1, 0.15) is 50.3 Å². The zero-order chi connectivity index (χ0) is 11.9. The van der Waals surface area contributed by atoms with Crippen LogP contribution in [0.3, 0.4) is 0 Å². The molecule has 1 N–H and O–H groups in total. The first-order valence-corrected chi connectivity index (χ1v) is 6.63. The van der Waals surface area contributed by atoms with Crippen molar-refractivity contribution < 1.29 is 4.74 Å². The molecule has 17 heavy (non-hydrogen) atoms. The zero-order valence-corrected chi connectivity index (χ0v) is 10.7. The van der Waals surface area contributed by atoms with E-state index in [9.17, 15) is 0 Å². The van der Waals surface area contributed by atoms with E-state index in [1.54, 1.807) is 0 Å². The van der Waals surface area contributed by atoms with Crippen molar-refractivity contribution in [1.29, 1.82) is 0 Å². The lowest BCUT2D eigenvalue weighted by atomic mass is 9.98. The first-order chi connectivity index (χ1) is 8.14. The molecule has 2 aliphatic rings. The predicted octanol–water partition coefficient (Wildman–Crippen LogP) is 3.18. The minimum atomic E-state index is 0.0861. The molecule has 2 aliphatic heterocycles. The molecule has 2 heteroatoms. The van der Waals surface area contributed by atoms with E-state index in [-0.39, 0.29) is 5.60 Å². The van der Waals surface area contributed by atoms with Gasteiger partial charge in [-0.15, -0.1) is 0 Å². The average molecular weight is 231 g/mol. The Hall–Kier alpha value is -0.860. The molecule has 2 atom stereocenters. The molecule has 1 aromatic carbocycles. The van der Waals surface area contributed by atoms with Crippen LogP contribution in [-0.2, 0) is 11.3 Å². The largest absolute Gasteiger partial charge is 0.372 e. The highest BCUT2D eigenvalue weighted by atomic mass is 16.5. The Labute approximate surface area is 103 Å². The average Bonchev–Trinajstić information content (AvgIpc) is 2.84. The van der Waals surface area contributed by atoms with Gasteiger partial charge in [0.15, 0.2) is 0 Å². The summed E-state index contributed by atoms with van der Waals surface area (Å²) in [5.41, 5.74) is 3.01. The van der Waals surface area contributed by atoms with Crippen LogP contribution in [0.25, 0.3) is 0 Å². The van der Waals surface area contributed by atoms with Crippen molar-refractivity contribution in [1.82, 2.24) is 5.32 Å². The third-order valence-corrected chi connectivity index (χ3v) is 4.02. The van der Waals surface area contributed by atoms with Crippen molar-refractivity contribution in [3.8, 4) is 0 Å². The number of fused-ring (bicyclic) bond motifs is 1. The van der Waals surface area contributed by atoms with E-state index in [2.05, 4.69) is 43.4 Å². The van der Waals surface area contributed by atoms with Gasteiger partial charge in [0.1, 0.15) is 0 Å². The molecular formula is C15H21NO. The van der Waals surface area contributed by atoms with Crippen LogP contribution >= 0.6 is 0 Å². The second kappa shape index (κ2) is 4.11. The van der Waals surface area contributed by atoms with Crippen LogP contribution in [-0.4, -0.2) is 11.7 Å². The molecule has 1 saturated heterocycles. The molecule has 1 aromatic rings. The van der Waals surface area contributed by atoms with E-state index >= 15 is 0 Å². The molecule has 0 saturated carbocycles. The third kappa shape index (κ3) is 2.24. The van der Waals surface area contributed by atoms with E-state index in [0.29, 0.717) is 12.1 Å². The van der Waals surface area contributed by atoms with Crippen LogP contribution in [0.2, 0.25) is 0 Å². The third-order valence-electron chi connectivity index (χ3n) is 4.02. The van der Waals surface area contributed by atoms with E-state index in [1.165, 1.54) is 24.0 Å². The van der Waals surface area contributed by atoms with Gasteiger partial charge < -0.3 is 10.1 Å². The van der Waals surface area contributed by atoms with Gasteiger partial charge in [0.05, 0.1) is 11.7 Å². The summed E-state index contributed by atoms with van der Waals surface area (Å²) in [6.07, 6.45) is 3.92. The van der Waals surface area contributed by atoms with Crippen molar-refractivity contribution in [2.24, 2.45) is 0 Å². The van der Waals surface area contributed by atoms with Crippen molar-refractivity contribution in [3.63, 3.8) is 0 Å². The lowest BCUT2D eigenvalue weighted by molar-refractivity contribution is -0.0217. The van der Waals surface area contributed by atoms with Crippen LogP contribution in [0.15, 0.2) is 24.3 Å². The molecule has 0 amide bonds. The van der Waals surface area contributed by atoms with Gasteiger partial charge in [0.2, 0.25) is 0 Å². The Morgan fingerprint density at radius 1 is 1.35 bits per heavy atom. The second-order valence-corrected chi connectivity index (χ2v) is 5.91. The van der Waals surface area contributed by atoms with Gasteiger partial charge in [-0.1, -0.05) is 24.3 Å². The Bertz CT molecular complexity index is 413. The maximum absolute atomic E-state index is 6.09. The minimum absolute atomic E-state index is 0.0861. The minimum Gasteiger partial charge on any atom is -0.372 e. The van der Waals surface area contributed by atoms with Gasteiger partial charge in [0, 0.05) is 12.6 Å². The lowest BCUT2D eigenvalue weighted by Crippen LogP contribution is -2.23. The van der Waals surface area contributed by atoms with Gasteiger partial charge in [-0.2, -0.15) is 0 Å². The summed E-state index contributed by atoms with van der Waals surface area (Å²) in [5.74, 6) is 0. The van der Waals surface area contributed by atoms with Crippen molar-refractivity contribution in [3.05, 3.63) is 35.4 Å². The summed E-state index contributed by atoms with van der Waals surface area (Å²) in [5, 5.41) is 3.60. The number of nitrogens with one attached hydrogen (secondary N) is 1. The molecule has 1 fully saturated rings. The normalized spacial score (nSPS) is 30.5. The molecule has 2 unspecified atom stereocenters. The van der Waals surface area contributed by atoms with Crippen LogP contribution < -0.4 is 5.32 Å². The molecule has 2 nitrogen and oxygen atoms in total. The summed E-state index contributed by atoms with van der Waals surface area (Å²) in [7, 11) is 0. The van der Waals surface area contributed by atoms with E-state index in [4.69, 9.17) is 4.74 Å². The van der Waals surface area contributed by atoms with E-state index in [0.717, 1.165) is 13.0 Å². The van der Waals surface area contributed by atoms with E-state index < -0.39 is 0 Å². The molecule has 3 rings (SSSR count). The SMILES string of the molecule is CC1(C)CCC(CC2NCc3ccccc32)O1. The summed E-state index contributed by atoms with van der Waals surface area (Å²) in [6, 6.07) is 9.23. The molecule has 0 aromatic heterocycles. The number of hydrogen-bond donors (Lipinski definition) is 1. The molecule has 0 radical (unpaired) electrons. The van der Waals surface area contributed by atoms with Crippen molar-refractivity contribution in [2.75, 3.05) is 0 Å². The first kappa shape index (κ1) is 11.2. The maximum atomic E-state index is 6.09. The molecular weight excluding hydrogens is 210 g/mol. The fourth-order valence-corrected chi connectivity index (χ4v) is 3.10. The Balaban J connectivity index is 1.68. The van der Waals surface area contributed by atoms with Crippen LogP contribution in [0.4, 0.5) is 0 Å². The van der Waals surface area contributed by atoms with Gasteiger partial charge in [-0.3, -0.25) is 0 Å². The Morgan fingerprint density at radius 2 is 2.18 bits per heavy atom. The van der Waals surface area contributed by atoms with E-state index in [1.807, 2.05) is 0 Å². The molecule has 0 aliphatic carbocycles. The second-order valence-electron chi connectivity index (χ2n) is 5.91. The molecule has 0 bridgehead atoms. The fourth-order valence-electron chi connectivity index (χ4n) is 3.10. The maximum Gasteiger partial charge on any atom is 0.0631 e. The zero-order valence-electron chi connectivity index (χ0n) is 10.7. The summed E-state index contributed by atoms with van der Waals surface area (Å²) >= 11 is 0.